The molecule has 69 heavy (non-hydrogen) atoms. The molecule has 0 saturated carbocycles. The first-order valence-corrected chi connectivity index (χ1v) is 23.3. The van der Waals surface area contributed by atoms with Crippen molar-refractivity contribution < 1.29 is 4.42 Å². The quantitative estimate of drug-likeness (QED) is 0.160. The van der Waals surface area contributed by atoms with E-state index in [1.165, 1.54) is 32.6 Å². The summed E-state index contributed by atoms with van der Waals surface area (Å²) >= 11 is 0. The molecule has 0 aliphatic rings. The highest BCUT2D eigenvalue weighted by molar-refractivity contribution is 6.26. The molecule has 322 valence electrons. The normalized spacial score (nSPS) is 11.8. The molecule has 14 rings (SSSR count). The Morgan fingerprint density at radius 1 is 0.304 bits per heavy atom. The van der Waals surface area contributed by atoms with E-state index in [2.05, 4.69) is 203 Å². The van der Waals surface area contributed by atoms with Gasteiger partial charge in [-0.1, -0.05) is 176 Å². The molecular formula is C63H39N5O. The SMILES string of the molecule is c1ccc(-c2nc(-c3cc(-c4ccccc4)c(-n4c5ccccc5c5c4ccc4c6ccccc6n(-c6ccccc6)c45)c(-c4ccccc4)c3)nc(-c3ccc4c(c3)oc3ccccc34)n2)cc1. The van der Waals surface area contributed by atoms with Gasteiger partial charge in [0.15, 0.2) is 17.5 Å². The lowest BCUT2D eigenvalue weighted by Gasteiger charge is -2.21. The van der Waals surface area contributed by atoms with Crippen molar-refractivity contribution in [1.82, 2.24) is 24.1 Å². The smallest absolute Gasteiger partial charge is 0.164 e. The van der Waals surface area contributed by atoms with Crippen molar-refractivity contribution in [3.8, 4) is 67.8 Å². The van der Waals surface area contributed by atoms with Gasteiger partial charge < -0.3 is 13.6 Å². The molecule has 0 radical (unpaired) electrons. The molecule has 0 spiro atoms. The van der Waals surface area contributed by atoms with Gasteiger partial charge >= 0.3 is 0 Å². The van der Waals surface area contributed by atoms with Crippen LogP contribution in [0.25, 0.3) is 133 Å². The van der Waals surface area contributed by atoms with Gasteiger partial charge in [-0.2, -0.15) is 0 Å². The van der Waals surface area contributed by atoms with Crippen molar-refractivity contribution in [2.45, 2.75) is 0 Å². The highest BCUT2D eigenvalue weighted by Crippen LogP contribution is 2.47. The van der Waals surface area contributed by atoms with Gasteiger partial charge in [0.05, 0.1) is 27.8 Å². The fraction of sp³-hybridized carbons (Fsp3) is 0. The molecule has 0 aliphatic carbocycles. The van der Waals surface area contributed by atoms with E-state index in [-0.39, 0.29) is 0 Å². The molecule has 0 aliphatic heterocycles. The number of aromatic nitrogens is 5. The van der Waals surface area contributed by atoms with E-state index in [1.807, 2.05) is 42.5 Å². The number of para-hydroxylation sites is 4. The minimum atomic E-state index is 0.563. The molecule has 0 saturated heterocycles. The Hall–Kier alpha value is -9.39. The van der Waals surface area contributed by atoms with Crippen LogP contribution in [0.5, 0.6) is 0 Å². The Balaban J connectivity index is 1.08. The van der Waals surface area contributed by atoms with Crippen LogP contribution in [0.1, 0.15) is 0 Å². The largest absolute Gasteiger partial charge is 0.456 e. The van der Waals surface area contributed by atoms with Crippen molar-refractivity contribution in [3.05, 3.63) is 237 Å². The minimum Gasteiger partial charge on any atom is -0.456 e. The van der Waals surface area contributed by atoms with Crippen LogP contribution in [0, 0.1) is 0 Å². The molecule has 4 heterocycles. The Kier molecular flexibility index (Phi) is 8.79. The molecule has 6 nitrogen and oxygen atoms in total. The Morgan fingerprint density at radius 3 is 1.46 bits per heavy atom. The first-order chi connectivity index (χ1) is 34.2. The van der Waals surface area contributed by atoms with Crippen LogP contribution in [0.15, 0.2) is 241 Å². The topological polar surface area (TPSA) is 61.7 Å². The molecule has 0 bridgehead atoms. The second kappa shape index (κ2) is 15.6. The lowest BCUT2D eigenvalue weighted by Crippen LogP contribution is -2.04. The maximum absolute atomic E-state index is 6.38. The van der Waals surface area contributed by atoms with Gasteiger partial charge in [-0.25, -0.2) is 15.0 Å². The Labute approximate surface area is 396 Å². The molecule has 0 amide bonds. The van der Waals surface area contributed by atoms with E-state index in [9.17, 15) is 0 Å². The van der Waals surface area contributed by atoms with E-state index >= 15 is 0 Å². The summed E-state index contributed by atoms with van der Waals surface area (Å²) in [5, 5.41) is 6.94. The van der Waals surface area contributed by atoms with Crippen molar-refractivity contribution in [3.63, 3.8) is 0 Å². The number of hydrogen-bond donors (Lipinski definition) is 0. The summed E-state index contributed by atoms with van der Waals surface area (Å²) in [6.07, 6.45) is 0. The second-order valence-corrected chi connectivity index (χ2v) is 17.5. The minimum absolute atomic E-state index is 0.563. The van der Waals surface area contributed by atoms with Gasteiger partial charge in [0.1, 0.15) is 11.2 Å². The number of hydrogen-bond acceptors (Lipinski definition) is 4. The van der Waals surface area contributed by atoms with Crippen LogP contribution in [0.2, 0.25) is 0 Å². The van der Waals surface area contributed by atoms with E-state index in [4.69, 9.17) is 19.4 Å². The van der Waals surface area contributed by atoms with Gasteiger partial charge in [0.2, 0.25) is 0 Å². The Bertz CT molecular complexity index is 4230. The lowest BCUT2D eigenvalue weighted by molar-refractivity contribution is 0.669. The summed E-state index contributed by atoms with van der Waals surface area (Å²) in [6.45, 7) is 0. The highest BCUT2D eigenvalue weighted by atomic mass is 16.3. The number of benzene rings is 10. The number of nitrogens with zero attached hydrogens (tertiary/aromatic N) is 5. The van der Waals surface area contributed by atoms with Gasteiger partial charge in [-0.05, 0) is 71.8 Å². The molecule has 4 aromatic heterocycles. The number of rotatable bonds is 7. The summed E-state index contributed by atoms with van der Waals surface area (Å²) in [4.78, 5) is 15.8. The first kappa shape index (κ1) is 38.8. The lowest BCUT2D eigenvalue weighted by atomic mass is 9.92. The zero-order valence-corrected chi connectivity index (χ0v) is 37.2. The van der Waals surface area contributed by atoms with Gasteiger partial charge in [-0.3, -0.25) is 0 Å². The van der Waals surface area contributed by atoms with Gasteiger partial charge in [-0.15, -0.1) is 0 Å². The summed E-state index contributed by atoms with van der Waals surface area (Å²) in [7, 11) is 0. The third-order valence-corrected chi connectivity index (χ3v) is 13.5. The van der Waals surface area contributed by atoms with Crippen LogP contribution in [0.4, 0.5) is 0 Å². The molecule has 0 atom stereocenters. The van der Waals surface area contributed by atoms with E-state index in [0.717, 1.165) is 83.3 Å². The van der Waals surface area contributed by atoms with E-state index in [1.54, 1.807) is 0 Å². The molecule has 0 N–H and O–H groups in total. The molecule has 14 aromatic rings. The summed E-state index contributed by atoms with van der Waals surface area (Å²) in [6, 6.07) is 83.5. The highest BCUT2D eigenvalue weighted by Gasteiger charge is 2.26. The van der Waals surface area contributed by atoms with Crippen LogP contribution < -0.4 is 0 Å². The van der Waals surface area contributed by atoms with Crippen molar-refractivity contribution in [1.29, 1.82) is 0 Å². The van der Waals surface area contributed by atoms with Crippen molar-refractivity contribution in [2.24, 2.45) is 0 Å². The van der Waals surface area contributed by atoms with Gasteiger partial charge in [0, 0.05) is 65.8 Å². The second-order valence-electron chi connectivity index (χ2n) is 17.5. The fourth-order valence-corrected chi connectivity index (χ4v) is 10.5. The fourth-order valence-electron chi connectivity index (χ4n) is 10.5. The third-order valence-electron chi connectivity index (χ3n) is 13.5. The summed E-state index contributed by atoms with van der Waals surface area (Å²) in [5.41, 5.74) is 15.3. The standard InChI is InChI=1S/C63H39N5O/c1-5-19-40(20-6-1)51-37-44(63-65-61(42-23-9-3-10-24-42)64-62(66-63)43-33-34-48-47-28-15-18-32-56(47)69-57(48)39-43)38-52(41-21-7-2-8-22-41)59(51)68-54-31-17-14-29-50(54)58-55(68)36-35-49-46-27-13-16-30-53(46)67(60(49)58)45-25-11-4-12-26-45/h1-39H. The maximum atomic E-state index is 6.38. The monoisotopic (exact) mass is 881 g/mol. The van der Waals surface area contributed by atoms with Crippen LogP contribution in [-0.4, -0.2) is 24.1 Å². The Morgan fingerprint density at radius 2 is 0.797 bits per heavy atom. The van der Waals surface area contributed by atoms with Crippen molar-refractivity contribution >= 4 is 65.6 Å². The molecule has 0 fully saturated rings. The zero-order valence-electron chi connectivity index (χ0n) is 37.2. The zero-order chi connectivity index (χ0) is 45.4. The van der Waals surface area contributed by atoms with E-state index < -0.39 is 0 Å². The average molecular weight is 882 g/mol. The predicted octanol–water partition coefficient (Wildman–Crippen LogP) is 16.3. The number of furan rings is 1. The first-order valence-electron chi connectivity index (χ1n) is 23.3. The van der Waals surface area contributed by atoms with Crippen molar-refractivity contribution in [2.75, 3.05) is 0 Å². The average Bonchev–Trinajstić information content (AvgIpc) is 4.09. The molecule has 10 aromatic carbocycles. The third kappa shape index (κ3) is 6.23. The molecular weight excluding hydrogens is 843 g/mol. The van der Waals surface area contributed by atoms with Crippen LogP contribution in [-0.2, 0) is 0 Å². The van der Waals surface area contributed by atoms with E-state index in [0.29, 0.717) is 17.5 Å². The number of fused-ring (bicyclic) bond motifs is 10. The molecule has 0 unspecified atom stereocenters. The van der Waals surface area contributed by atoms with Crippen LogP contribution >= 0.6 is 0 Å². The maximum Gasteiger partial charge on any atom is 0.164 e. The molecule has 6 heteroatoms. The summed E-state index contributed by atoms with van der Waals surface area (Å²) in [5.74, 6) is 1.72. The predicted molar refractivity (Wildman–Crippen MR) is 283 cm³/mol. The summed E-state index contributed by atoms with van der Waals surface area (Å²) < 4.78 is 11.3. The van der Waals surface area contributed by atoms with Crippen LogP contribution in [0.3, 0.4) is 0 Å². The van der Waals surface area contributed by atoms with Gasteiger partial charge in [0.25, 0.3) is 0 Å².